The number of methoxy groups -OCH3 is 2. The molecule has 0 spiro atoms. The van der Waals surface area contributed by atoms with Crippen molar-refractivity contribution in [3.05, 3.63) is 88.5 Å². The predicted molar refractivity (Wildman–Crippen MR) is 119 cm³/mol. The van der Waals surface area contributed by atoms with Gasteiger partial charge < -0.3 is 18.8 Å². The first-order valence-corrected chi connectivity index (χ1v) is 10.4. The molecule has 1 atom stereocenters. The molecule has 0 saturated carbocycles. The van der Waals surface area contributed by atoms with Crippen LogP contribution in [-0.2, 0) is 6.54 Å². The lowest BCUT2D eigenvalue weighted by Gasteiger charge is -2.26. The first kappa shape index (κ1) is 20.2. The molecule has 3 heterocycles. The third-order valence-corrected chi connectivity index (χ3v) is 5.86. The van der Waals surface area contributed by atoms with E-state index in [0.29, 0.717) is 40.2 Å². The number of nitrogens with zero attached hydrogens (tertiary/aromatic N) is 2. The SMILES string of the molecule is COc1ccc(C2c3c(-c4ccc(Cl)cc4)n[nH]c3C(=O)N2Cc2ccco2)cc1OC. The second kappa shape index (κ2) is 8.09. The number of hydrogen-bond acceptors (Lipinski definition) is 5. The molecule has 1 unspecified atom stereocenters. The first-order chi connectivity index (χ1) is 15.6. The van der Waals surface area contributed by atoms with Crippen molar-refractivity contribution in [1.82, 2.24) is 15.1 Å². The Bertz CT molecular complexity index is 1270. The van der Waals surface area contributed by atoms with Gasteiger partial charge >= 0.3 is 0 Å². The molecule has 1 aliphatic rings. The maximum atomic E-state index is 13.4. The van der Waals surface area contributed by atoms with Crippen molar-refractivity contribution in [2.75, 3.05) is 14.2 Å². The molecule has 0 radical (unpaired) electrons. The molecule has 1 amide bonds. The van der Waals surface area contributed by atoms with Gasteiger partial charge in [-0.15, -0.1) is 0 Å². The van der Waals surface area contributed by atoms with Gasteiger partial charge in [-0.2, -0.15) is 5.10 Å². The van der Waals surface area contributed by atoms with E-state index in [1.54, 1.807) is 43.6 Å². The van der Waals surface area contributed by atoms with E-state index in [1.807, 2.05) is 36.4 Å². The number of H-pyrrole nitrogens is 1. The number of fused-ring (bicyclic) bond motifs is 1. The van der Waals surface area contributed by atoms with Gasteiger partial charge in [-0.1, -0.05) is 29.8 Å². The van der Waals surface area contributed by atoms with E-state index in [0.717, 1.165) is 16.7 Å². The zero-order valence-corrected chi connectivity index (χ0v) is 18.2. The molecule has 8 heteroatoms. The number of furan rings is 1. The molecule has 7 nitrogen and oxygen atoms in total. The molecule has 0 bridgehead atoms. The maximum Gasteiger partial charge on any atom is 0.273 e. The Labute approximate surface area is 189 Å². The Morgan fingerprint density at radius 3 is 2.56 bits per heavy atom. The van der Waals surface area contributed by atoms with Gasteiger partial charge in [0.05, 0.1) is 38.8 Å². The van der Waals surface area contributed by atoms with Crippen LogP contribution in [0, 0.1) is 0 Å². The molecule has 4 aromatic rings. The molecule has 0 saturated heterocycles. The maximum absolute atomic E-state index is 13.4. The standard InChI is InChI=1S/C24H20ClN3O4/c1-30-18-10-7-15(12-19(18)31-2)23-20-21(14-5-8-16(25)9-6-14)26-27-22(20)24(29)28(23)13-17-4-3-11-32-17/h3-12,23H,13H2,1-2H3,(H,26,27). The quantitative estimate of drug-likeness (QED) is 0.443. The summed E-state index contributed by atoms with van der Waals surface area (Å²) in [4.78, 5) is 15.2. The number of amides is 1. The number of rotatable bonds is 6. The summed E-state index contributed by atoms with van der Waals surface area (Å²) in [6.07, 6.45) is 1.60. The highest BCUT2D eigenvalue weighted by atomic mass is 35.5. The number of carbonyl (C=O) groups is 1. The van der Waals surface area contributed by atoms with Crippen molar-refractivity contribution < 1.29 is 18.7 Å². The van der Waals surface area contributed by atoms with E-state index >= 15 is 0 Å². The Balaban J connectivity index is 1.67. The van der Waals surface area contributed by atoms with Gasteiger partial charge in [0.15, 0.2) is 11.5 Å². The third-order valence-electron chi connectivity index (χ3n) is 5.61. The van der Waals surface area contributed by atoms with Crippen LogP contribution >= 0.6 is 11.6 Å². The smallest absolute Gasteiger partial charge is 0.273 e. The number of aromatic nitrogens is 2. The van der Waals surface area contributed by atoms with Gasteiger partial charge in [0.1, 0.15) is 11.5 Å². The zero-order chi connectivity index (χ0) is 22.2. The number of nitrogens with one attached hydrogen (secondary N) is 1. The molecule has 2 aromatic carbocycles. The minimum atomic E-state index is -0.396. The van der Waals surface area contributed by atoms with Gasteiger partial charge in [0.25, 0.3) is 5.91 Å². The summed E-state index contributed by atoms with van der Waals surface area (Å²) in [5.74, 6) is 1.74. The van der Waals surface area contributed by atoms with Crippen LogP contribution in [-0.4, -0.2) is 35.2 Å². The van der Waals surface area contributed by atoms with Gasteiger partial charge in [-0.3, -0.25) is 9.89 Å². The van der Waals surface area contributed by atoms with E-state index < -0.39 is 6.04 Å². The lowest BCUT2D eigenvalue weighted by molar-refractivity contribution is 0.0717. The summed E-state index contributed by atoms with van der Waals surface area (Å²) in [5, 5.41) is 8.06. The summed E-state index contributed by atoms with van der Waals surface area (Å²) >= 11 is 6.08. The van der Waals surface area contributed by atoms with Crippen molar-refractivity contribution in [1.29, 1.82) is 0 Å². The van der Waals surface area contributed by atoms with Crippen molar-refractivity contribution in [2.45, 2.75) is 12.6 Å². The van der Waals surface area contributed by atoms with E-state index in [-0.39, 0.29) is 5.91 Å². The van der Waals surface area contributed by atoms with Crippen molar-refractivity contribution in [2.24, 2.45) is 0 Å². The van der Waals surface area contributed by atoms with Crippen molar-refractivity contribution >= 4 is 17.5 Å². The molecule has 2 aromatic heterocycles. The fourth-order valence-electron chi connectivity index (χ4n) is 4.13. The number of hydrogen-bond donors (Lipinski definition) is 1. The van der Waals surface area contributed by atoms with Crippen LogP contribution in [0.3, 0.4) is 0 Å². The normalized spacial score (nSPS) is 15.2. The fraction of sp³-hybridized carbons (Fsp3) is 0.167. The van der Waals surface area contributed by atoms with Crippen LogP contribution < -0.4 is 9.47 Å². The number of carbonyl (C=O) groups excluding carboxylic acids is 1. The highest BCUT2D eigenvalue weighted by Crippen LogP contribution is 2.45. The largest absolute Gasteiger partial charge is 0.493 e. The molecule has 162 valence electrons. The van der Waals surface area contributed by atoms with E-state index in [9.17, 15) is 4.79 Å². The van der Waals surface area contributed by atoms with Gasteiger partial charge in [-0.25, -0.2) is 0 Å². The van der Waals surface area contributed by atoms with E-state index in [1.165, 1.54) is 0 Å². The predicted octanol–water partition coefficient (Wildman–Crippen LogP) is 5.09. The first-order valence-electron chi connectivity index (χ1n) is 10.00. The molecule has 32 heavy (non-hydrogen) atoms. The Morgan fingerprint density at radius 1 is 1.09 bits per heavy atom. The van der Waals surface area contributed by atoms with Crippen LogP contribution in [0.1, 0.15) is 33.4 Å². The monoisotopic (exact) mass is 449 g/mol. The summed E-state index contributed by atoms with van der Waals surface area (Å²) < 4.78 is 16.4. The Hall–Kier alpha value is -3.71. The highest BCUT2D eigenvalue weighted by Gasteiger charge is 2.42. The number of aromatic amines is 1. The van der Waals surface area contributed by atoms with Gasteiger partial charge in [0.2, 0.25) is 0 Å². The van der Waals surface area contributed by atoms with Crippen LogP contribution in [0.25, 0.3) is 11.3 Å². The van der Waals surface area contributed by atoms with Crippen LogP contribution in [0.5, 0.6) is 11.5 Å². The molecule has 0 aliphatic carbocycles. The lowest BCUT2D eigenvalue weighted by Crippen LogP contribution is -2.29. The molecule has 1 aliphatic heterocycles. The average Bonchev–Trinajstić information content (AvgIpc) is 3.54. The average molecular weight is 450 g/mol. The highest BCUT2D eigenvalue weighted by molar-refractivity contribution is 6.30. The van der Waals surface area contributed by atoms with Crippen molar-refractivity contribution in [3.8, 4) is 22.8 Å². The zero-order valence-electron chi connectivity index (χ0n) is 17.5. The van der Waals surface area contributed by atoms with E-state index in [4.69, 9.17) is 25.5 Å². The summed E-state index contributed by atoms with van der Waals surface area (Å²) in [6, 6.07) is 16.3. The molecular weight excluding hydrogens is 430 g/mol. The number of ether oxygens (including phenoxy) is 2. The second-order valence-corrected chi connectivity index (χ2v) is 7.83. The topological polar surface area (TPSA) is 80.6 Å². The van der Waals surface area contributed by atoms with Gasteiger partial charge in [-0.05, 0) is 42.0 Å². The van der Waals surface area contributed by atoms with Crippen LogP contribution in [0.2, 0.25) is 5.02 Å². The summed E-state index contributed by atoms with van der Waals surface area (Å²) in [7, 11) is 3.18. The van der Waals surface area contributed by atoms with E-state index in [2.05, 4.69) is 10.2 Å². The number of halogens is 1. The lowest BCUT2D eigenvalue weighted by atomic mass is 9.95. The Morgan fingerprint density at radius 2 is 1.88 bits per heavy atom. The molecule has 1 N–H and O–H groups in total. The van der Waals surface area contributed by atoms with Gasteiger partial charge in [0, 0.05) is 16.1 Å². The third kappa shape index (κ3) is 3.31. The molecule has 5 rings (SSSR count). The van der Waals surface area contributed by atoms with Crippen molar-refractivity contribution in [3.63, 3.8) is 0 Å². The van der Waals surface area contributed by atoms with Crippen LogP contribution in [0.4, 0.5) is 0 Å². The fourth-order valence-corrected chi connectivity index (χ4v) is 4.25. The minimum Gasteiger partial charge on any atom is -0.493 e. The molecular formula is C24H20ClN3O4. The molecule has 0 fully saturated rings. The summed E-state index contributed by atoms with van der Waals surface area (Å²) in [5.41, 5.74) is 3.70. The number of benzene rings is 2. The minimum absolute atomic E-state index is 0.149. The van der Waals surface area contributed by atoms with Crippen LogP contribution in [0.15, 0.2) is 65.3 Å². The second-order valence-electron chi connectivity index (χ2n) is 7.40. The summed E-state index contributed by atoms with van der Waals surface area (Å²) in [6.45, 7) is 0.313. The Kier molecular flexibility index (Phi) is 5.11.